The molecule has 4 saturated carbocycles. The molecule has 4 aliphatic rings. The van der Waals surface area contributed by atoms with Gasteiger partial charge in [0.2, 0.25) is 0 Å². The highest BCUT2D eigenvalue weighted by molar-refractivity contribution is 6.32. The van der Waals surface area contributed by atoms with Crippen LogP contribution >= 0.6 is 11.6 Å². The van der Waals surface area contributed by atoms with Gasteiger partial charge in [0.25, 0.3) is 5.69 Å². The molecule has 0 spiro atoms. The number of non-ortho nitro benzene ring substituents is 1. The number of oxime groups is 1. The fourth-order valence-corrected chi connectivity index (χ4v) is 8.71. The Bertz CT molecular complexity index is 1030. The molecule has 1 aromatic rings. The van der Waals surface area contributed by atoms with Crippen LogP contribution in [0.25, 0.3) is 0 Å². The lowest BCUT2D eigenvalue weighted by Crippen LogP contribution is -2.56. The number of fused-ring (bicyclic) bond motifs is 5. The Labute approximate surface area is 211 Å². The van der Waals surface area contributed by atoms with Crippen molar-refractivity contribution in [1.82, 2.24) is 0 Å². The van der Waals surface area contributed by atoms with Crippen molar-refractivity contribution < 1.29 is 19.3 Å². The van der Waals surface area contributed by atoms with Gasteiger partial charge in [0.15, 0.2) is 5.75 Å². The van der Waals surface area contributed by atoms with E-state index in [9.17, 15) is 14.9 Å². The first kappa shape index (κ1) is 24.5. The molecule has 0 aromatic heterocycles. The number of nitro benzene ring substituents is 1. The number of hydrogen-bond acceptors (Lipinski definition) is 6. The second-order valence-electron chi connectivity index (χ2n) is 11.7. The Morgan fingerprint density at radius 3 is 2.49 bits per heavy atom. The number of halogens is 1. The molecule has 0 bridgehead atoms. The first-order valence-electron chi connectivity index (χ1n) is 12.9. The van der Waals surface area contributed by atoms with Crippen molar-refractivity contribution in [2.45, 2.75) is 83.6 Å². The lowest BCUT2D eigenvalue weighted by molar-refractivity contribution is -0.384. The topological polar surface area (TPSA) is 91.0 Å². The molecule has 5 rings (SSSR count). The second kappa shape index (κ2) is 9.06. The summed E-state index contributed by atoms with van der Waals surface area (Å²) >= 11 is 6.92. The van der Waals surface area contributed by atoms with Gasteiger partial charge in [-0.3, -0.25) is 14.9 Å². The van der Waals surface area contributed by atoms with Crippen molar-refractivity contribution in [3.63, 3.8) is 0 Å². The third kappa shape index (κ3) is 4.24. The predicted molar refractivity (Wildman–Crippen MR) is 133 cm³/mol. The van der Waals surface area contributed by atoms with Gasteiger partial charge >= 0.3 is 5.97 Å². The second-order valence-corrected chi connectivity index (χ2v) is 12.2. The maximum absolute atomic E-state index is 11.7. The van der Waals surface area contributed by atoms with Gasteiger partial charge < -0.3 is 9.57 Å². The van der Waals surface area contributed by atoms with E-state index >= 15 is 0 Å². The average Bonchev–Trinajstić information content (AvgIpc) is 3.13. The highest BCUT2D eigenvalue weighted by Crippen LogP contribution is 2.66. The van der Waals surface area contributed by atoms with E-state index in [4.69, 9.17) is 21.2 Å². The lowest BCUT2D eigenvalue weighted by Gasteiger charge is -2.60. The molecule has 8 atom stereocenters. The van der Waals surface area contributed by atoms with E-state index in [2.05, 4.69) is 19.0 Å². The zero-order valence-corrected chi connectivity index (χ0v) is 21.5. The number of alkyl halides is 1. The minimum atomic E-state index is -0.432. The molecule has 35 heavy (non-hydrogen) atoms. The molecule has 0 heterocycles. The standard InChI is InChI=1S/C27H35ClN2O5/c1-16(31)34-25-11-10-21-20-9-4-17-14-24(29-35-19-7-5-18(6-8-19)30(32)33)23(28)15-27(17,3)22(20)12-13-26(21,25)2/h5-8,17,20-23,25H,4,9-15H2,1-3H3/b29-24-/t17-,20-,21-,22-,23?,25?,26-,27-/m0/s1. The summed E-state index contributed by atoms with van der Waals surface area (Å²) in [7, 11) is 0. The molecule has 0 saturated heterocycles. The van der Waals surface area contributed by atoms with Crippen molar-refractivity contribution in [3.05, 3.63) is 34.4 Å². The third-order valence-corrected chi connectivity index (χ3v) is 10.4. The number of benzene rings is 1. The predicted octanol–water partition coefficient (Wildman–Crippen LogP) is 6.52. The monoisotopic (exact) mass is 502 g/mol. The molecule has 0 N–H and O–H groups in total. The fraction of sp³-hybridized carbons (Fsp3) is 0.704. The van der Waals surface area contributed by atoms with Gasteiger partial charge in [-0.2, -0.15) is 0 Å². The Morgan fingerprint density at radius 1 is 1.09 bits per heavy atom. The van der Waals surface area contributed by atoms with E-state index < -0.39 is 4.92 Å². The number of carbonyl (C=O) groups is 1. The van der Waals surface area contributed by atoms with Crippen LogP contribution in [0.4, 0.5) is 5.69 Å². The van der Waals surface area contributed by atoms with Crippen LogP contribution in [-0.4, -0.2) is 28.1 Å². The van der Waals surface area contributed by atoms with E-state index in [1.807, 2.05) is 0 Å². The number of ether oxygens (including phenoxy) is 1. The Hall–Kier alpha value is -2.15. The average molecular weight is 503 g/mol. The largest absolute Gasteiger partial charge is 0.462 e. The zero-order chi connectivity index (χ0) is 25.0. The number of esters is 1. The van der Waals surface area contributed by atoms with Crippen molar-refractivity contribution in [2.24, 2.45) is 39.7 Å². The maximum Gasteiger partial charge on any atom is 0.302 e. The van der Waals surface area contributed by atoms with Crippen molar-refractivity contribution in [1.29, 1.82) is 0 Å². The molecule has 8 heteroatoms. The van der Waals surface area contributed by atoms with E-state index in [1.54, 1.807) is 12.1 Å². The summed E-state index contributed by atoms with van der Waals surface area (Å²) in [6.07, 6.45) is 8.55. The molecule has 2 unspecified atom stereocenters. The van der Waals surface area contributed by atoms with Crippen molar-refractivity contribution in [3.8, 4) is 5.75 Å². The van der Waals surface area contributed by atoms with Crippen LogP contribution < -0.4 is 4.84 Å². The van der Waals surface area contributed by atoms with Crippen LogP contribution in [0.5, 0.6) is 5.75 Å². The highest BCUT2D eigenvalue weighted by atomic mass is 35.5. The zero-order valence-electron chi connectivity index (χ0n) is 20.7. The number of rotatable bonds is 4. The van der Waals surface area contributed by atoms with Crippen LogP contribution in [0.2, 0.25) is 0 Å². The molecule has 4 fully saturated rings. The van der Waals surface area contributed by atoms with Crippen molar-refractivity contribution in [2.75, 3.05) is 0 Å². The Kier molecular flexibility index (Phi) is 6.35. The Morgan fingerprint density at radius 2 is 1.80 bits per heavy atom. The van der Waals surface area contributed by atoms with E-state index in [0.29, 0.717) is 29.4 Å². The van der Waals surface area contributed by atoms with Gasteiger partial charge in [0.05, 0.1) is 16.0 Å². The molecule has 1 aromatic carbocycles. The molecule has 190 valence electrons. The van der Waals surface area contributed by atoms with Crippen LogP contribution in [0, 0.1) is 44.6 Å². The van der Waals surface area contributed by atoms with Crippen LogP contribution in [0.1, 0.15) is 72.1 Å². The van der Waals surface area contributed by atoms with Gasteiger partial charge in [0.1, 0.15) is 6.10 Å². The summed E-state index contributed by atoms with van der Waals surface area (Å²) in [4.78, 5) is 27.8. The smallest absolute Gasteiger partial charge is 0.302 e. The summed E-state index contributed by atoms with van der Waals surface area (Å²) in [5, 5.41) is 15.1. The number of hydrogen-bond donors (Lipinski definition) is 0. The molecule has 0 radical (unpaired) electrons. The minimum Gasteiger partial charge on any atom is -0.462 e. The van der Waals surface area contributed by atoms with Crippen LogP contribution in [0.15, 0.2) is 29.4 Å². The van der Waals surface area contributed by atoms with E-state index in [-0.39, 0.29) is 34.0 Å². The summed E-state index contributed by atoms with van der Waals surface area (Å²) < 4.78 is 5.78. The van der Waals surface area contributed by atoms with E-state index in [0.717, 1.165) is 50.7 Å². The first-order valence-corrected chi connectivity index (χ1v) is 13.3. The van der Waals surface area contributed by atoms with Gasteiger partial charge in [-0.1, -0.05) is 19.0 Å². The van der Waals surface area contributed by atoms with E-state index in [1.165, 1.54) is 25.5 Å². The molecule has 0 aliphatic heterocycles. The quantitative estimate of drug-likeness (QED) is 0.202. The van der Waals surface area contributed by atoms with Gasteiger partial charge in [-0.25, -0.2) is 0 Å². The summed E-state index contributed by atoms with van der Waals surface area (Å²) in [6, 6.07) is 5.96. The fourth-order valence-electron chi connectivity index (χ4n) is 8.25. The summed E-state index contributed by atoms with van der Waals surface area (Å²) in [5.74, 6) is 2.74. The normalized spacial score (nSPS) is 41.4. The summed E-state index contributed by atoms with van der Waals surface area (Å²) in [5.41, 5.74) is 1.16. The van der Waals surface area contributed by atoms with Gasteiger partial charge in [0, 0.05) is 24.5 Å². The van der Waals surface area contributed by atoms with Crippen LogP contribution in [-0.2, 0) is 9.53 Å². The SMILES string of the molecule is CC(=O)OC1CC[C@H]2[C@@H]3CC[C@H]4C/C(=N/Oc5ccc([N+](=O)[O-])cc5)C(Cl)C[C@]4(C)[C@H]3CC[C@]12C. The third-order valence-electron chi connectivity index (χ3n) is 10.0. The molecular formula is C27H35ClN2O5. The molecule has 4 aliphatic carbocycles. The Balaban J connectivity index is 1.29. The van der Waals surface area contributed by atoms with Gasteiger partial charge in [-0.05, 0) is 92.6 Å². The van der Waals surface area contributed by atoms with Crippen LogP contribution in [0.3, 0.4) is 0 Å². The first-order chi connectivity index (χ1) is 16.6. The molecular weight excluding hydrogens is 468 g/mol. The maximum atomic E-state index is 11.7. The molecule has 0 amide bonds. The number of nitro groups is 1. The van der Waals surface area contributed by atoms with Gasteiger partial charge in [-0.15, -0.1) is 11.6 Å². The van der Waals surface area contributed by atoms with Crippen molar-refractivity contribution >= 4 is 29.0 Å². The lowest BCUT2D eigenvalue weighted by atomic mass is 9.45. The summed E-state index contributed by atoms with van der Waals surface area (Å²) in [6.45, 7) is 6.33. The highest BCUT2D eigenvalue weighted by Gasteiger charge is 2.61. The minimum absolute atomic E-state index is 0.0236. The number of nitrogens with zero attached hydrogens (tertiary/aromatic N) is 2. The molecule has 7 nitrogen and oxygen atoms in total. The number of carbonyl (C=O) groups excluding carboxylic acids is 1.